The first-order valence-electron chi connectivity index (χ1n) is 8.52. The van der Waals surface area contributed by atoms with E-state index in [-0.39, 0.29) is 0 Å². The van der Waals surface area contributed by atoms with E-state index in [0.717, 1.165) is 25.7 Å². The predicted octanol–water partition coefficient (Wildman–Crippen LogP) is 1.27. The molecule has 0 bridgehead atoms. The largest absolute Gasteiger partial charge is 0.382 e. The minimum atomic E-state index is 0.654. The van der Waals surface area contributed by atoms with Gasteiger partial charge in [0, 0.05) is 32.3 Å². The second kappa shape index (κ2) is 10.5. The topological polar surface area (TPSA) is 43.0 Å². The Morgan fingerprint density at radius 2 is 1.71 bits per heavy atom. The molecule has 1 saturated carbocycles. The van der Waals surface area contributed by atoms with E-state index in [2.05, 4.69) is 10.2 Å². The van der Waals surface area contributed by atoms with Crippen molar-refractivity contribution in [2.24, 2.45) is 0 Å². The number of nitrogens with one attached hydrogen (secondary N) is 1. The molecule has 5 heteroatoms. The molecule has 2 aliphatic rings. The quantitative estimate of drug-likeness (QED) is 0.550. The van der Waals surface area contributed by atoms with Crippen LogP contribution in [-0.2, 0) is 14.2 Å². The molecule has 1 saturated heterocycles. The maximum Gasteiger partial charge on any atom is 0.0701 e. The smallest absolute Gasteiger partial charge is 0.0701 e. The van der Waals surface area contributed by atoms with Gasteiger partial charge in [-0.2, -0.15) is 0 Å². The second-order valence-corrected chi connectivity index (χ2v) is 6.09. The van der Waals surface area contributed by atoms with E-state index in [1.165, 1.54) is 38.6 Å². The fourth-order valence-electron chi connectivity index (χ4n) is 2.82. The van der Waals surface area contributed by atoms with Crippen LogP contribution in [0.1, 0.15) is 32.1 Å². The van der Waals surface area contributed by atoms with Gasteiger partial charge in [0.2, 0.25) is 0 Å². The van der Waals surface area contributed by atoms with Gasteiger partial charge in [-0.05, 0) is 32.2 Å². The van der Waals surface area contributed by atoms with Crippen LogP contribution < -0.4 is 5.32 Å². The van der Waals surface area contributed by atoms with Gasteiger partial charge in [-0.25, -0.2) is 0 Å². The van der Waals surface area contributed by atoms with Gasteiger partial charge >= 0.3 is 0 Å². The standard InChI is InChI=1S/C16H32N2O3/c1-19-10-11-21-13-12-20-9-8-18-7-3-2-4-16(18)14-17-15-5-6-15/h15-17H,2-14H2,1H3. The Bertz CT molecular complexity index is 262. The minimum Gasteiger partial charge on any atom is -0.382 e. The SMILES string of the molecule is COCCOCCOCCN1CCCCC1CNC1CC1. The Kier molecular flexibility index (Phi) is 8.59. The summed E-state index contributed by atoms with van der Waals surface area (Å²) in [6.45, 7) is 6.90. The average molecular weight is 300 g/mol. The molecule has 1 aliphatic heterocycles. The normalized spacial score (nSPS) is 23.6. The van der Waals surface area contributed by atoms with Crippen molar-refractivity contribution in [3.8, 4) is 0 Å². The Hall–Kier alpha value is -0.200. The lowest BCUT2D eigenvalue weighted by molar-refractivity contribution is 0.0137. The molecule has 124 valence electrons. The molecule has 0 spiro atoms. The first kappa shape index (κ1) is 17.2. The van der Waals surface area contributed by atoms with E-state index < -0.39 is 0 Å². The number of piperidine rings is 1. The lowest BCUT2D eigenvalue weighted by atomic mass is 10.0. The molecule has 2 rings (SSSR count). The van der Waals surface area contributed by atoms with Gasteiger partial charge in [-0.1, -0.05) is 6.42 Å². The summed E-state index contributed by atoms with van der Waals surface area (Å²) in [4.78, 5) is 2.60. The van der Waals surface area contributed by atoms with Crippen LogP contribution in [0.3, 0.4) is 0 Å². The lowest BCUT2D eigenvalue weighted by Crippen LogP contribution is -2.47. The summed E-state index contributed by atoms with van der Waals surface area (Å²) in [6.07, 6.45) is 6.79. The van der Waals surface area contributed by atoms with Gasteiger partial charge in [0.15, 0.2) is 0 Å². The molecular weight excluding hydrogens is 268 g/mol. The summed E-state index contributed by atoms with van der Waals surface area (Å²) < 4.78 is 16.0. The average Bonchev–Trinajstić information content (AvgIpc) is 3.33. The van der Waals surface area contributed by atoms with Crippen LogP contribution in [0.15, 0.2) is 0 Å². The van der Waals surface area contributed by atoms with Gasteiger partial charge < -0.3 is 19.5 Å². The van der Waals surface area contributed by atoms with Crippen LogP contribution in [0.4, 0.5) is 0 Å². The maximum absolute atomic E-state index is 5.67. The number of likely N-dealkylation sites (tertiary alicyclic amines) is 1. The van der Waals surface area contributed by atoms with Gasteiger partial charge in [0.25, 0.3) is 0 Å². The third kappa shape index (κ3) is 7.56. The number of methoxy groups -OCH3 is 1. The van der Waals surface area contributed by atoms with E-state index in [1.54, 1.807) is 7.11 Å². The van der Waals surface area contributed by atoms with Crippen molar-refractivity contribution in [2.75, 3.05) is 59.8 Å². The van der Waals surface area contributed by atoms with Gasteiger partial charge in [0.05, 0.1) is 33.0 Å². The first-order valence-corrected chi connectivity index (χ1v) is 8.52. The van der Waals surface area contributed by atoms with Gasteiger partial charge in [-0.3, -0.25) is 4.90 Å². The van der Waals surface area contributed by atoms with Crippen LogP contribution >= 0.6 is 0 Å². The van der Waals surface area contributed by atoms with Crippen molar-refractivity contribution >= 4 is 0 Å². The monoisotopic (exact) mass is 300 g/mol. The molecule has 0 aromatic rings. The highest BCUT2D eigenvalue weighted by Crippen LogP contribution is 2.21. The number of ether oxygens (including phenoxy) is 3. The van der Waals surface area contributed by atoms with Gasteiger partial charge in [0.1, 0.15) is 0 Å². The molecule has 0 aromatic heterocycles. The summed E-state index contributed by atoms with van der Waals surface area (Å²) in [5.41, 5.74) is 0. The van der Waals surface area contributed by atoms with Crippen molar-refractivity contribution < 1.29 is 14.2 Å². The highest BCUT2D eigenvalue weighted by molar-refractivity contribution is 4.85. The predicted molar refractivity (Wildman–Crippen MR) is 83.8 cm³/mol. The Morgan fingerprint density at radius 1 is 0.952 bits per heavy atom. The molecule has 2 fully saturated rings. The molecule has 1 atom stereocenters. The fraction of sp³-hybridized carbons (Fsp3) is 1.00. The van der Waals surface area contributed by atoms with Crippen molar-refractivity contribution in [2.45, 2.75) is 44.2 Å². The number of rotatable bonds is 12. The van der Waals surface area contributed by atoms with Crippen molar-refractivity contribution in [1.29, 1.82) is 0 Å². The molecule has 1 unspecified atom stereocenters. The van der Waals surface area contributed by atoms with E-state index in [0.29, 0.717) is 32.5 Å². The summed E-state index contributed by atoms with van der Waals surface area (Å²) in [5, 5.41) is 3.67. The first-order chi connectivity index (χ1) is 10.4. The van der Waals surface area contributed by atoms with Crippen LogP contribution in [0.5, 0.6) is 0 Å². The minimum absolute atomic E-state index is 0.654. The van der Waals surface area contributed by atoms with Crippen molar-refractivity contribution in [3.05, 3.63) is 0 Å². The molecule has 1 heterocycles. The highest BCUT2D eigenvalue weighted by atomic mass is 16.5. The van der Waals surface area contributed by atoms with Crippen LogP contribution in [-0.4, -0.2) is 76.8 Å². The lowest BCUT2D eigenvalue weighted by Gasteiger charge is -2.35. The summed E-state index contributed by atoms with van der Waals surface area (Å²) in [7, 11) is 1.69. The summed E-state index contributed by atoms with van der Waals surface area (Å²) >= 11 is 0. The molecule has 0 radical (unpaired) electrons. The Balaban J connectivity index is 1.48. The van der Waals surface area contributed by atoms with Crippen LogP contribution in [0, 0.1) is 0 Å². The number of hydrogen-bond acceptors (Lipinski definition) is 5. The molecule has 0 amide bonds. The molecule has 0 aromatic carbocycles. The zero-order valence-corrected chi connectivity index (χ0v) is 13.5. The molecule has 1 aliphatic carbocycles. The van der Waals surface area contributed by atoms with E-state index in [9.17, 15) is 0 Å². The van der Waals surface area contributed by atoms with Crippen LogP contribution in [0.2, 0.25) is 0 Å². The van der Waals surface area contributed by atoms with E-state index in [4.69, 9.17) is 14.2 Å². The zero-order valence-electron chi connectivity index (χ0n) is 13.5. The molecule has 5 nitrogen and oxygen atoms in total. The van der Waals surface area contributed by atoms with E-state index in [1.807, 2.05) is 0 Å². The number of nitrogens with zero attached hydrogens (tertiary/aromatic N) is 1. The van der Waals surface area contributed by atoms with Crippen LogP contribution in [0.25, 0.3) is 0 Å². The van der Waals surface area contributed by atoms with Crippen molar-refractivity contribution in [1.82, 2.24) is 10.2 Å². The fourth-order valence-corrected chi connectivity index (χ4v) is 2.82. The Morgan fingerprint density at radius 3 is 2.48 bits per heavy atom. The molecule has 1 N–H and O–H groups in total. The third-order valence-corrected chi connectivity index (χ3v) is 4.30. The van der Waals surface area contributed by atoms with E-state index >= 15 is 0 Å². The molecular formula is C16H32N2O3. The number of hydrogen-bond donors (Lipinski definition) is 1. The Labute approximate surface area is 129 Å². The van der Waals surface area contributed by atoms with Crippen molar-refractivity contribution in [3.63, 3.8) is 0 Å². The third-order valence-electron chi connectivity index (χ3n) is 4.30. The summed E-state index contributed by atoms with van der Waals surface area (Å²) in [6, 6.07) is 1.52. The van der Waals surface area contributed by atoms with Gasteiger partial charge in [-0.15, -0.1) is 0 Å². The maximum atomic E-state index is 5.67. The second-order valence-electron chi connectivity index (χ2n) is 6.09. The summed E-state index contributed by atoms with van der Waals surface area (Å²) in [5.74, 6) is 0. The zero-order chi connectivity index (χ0) is 14.8. The highest BCUT2D eigenvalue weighted by Gasteiger charge is 2.26. The molecule has 21 heavy (non-hydrogen) atoms.